The molecule has 5 rings (SSSR count). The maximum atomic E-state index is 10.4. The summed E-state index contributed by atoms with van der Waals surface area (Å²) in [7, 11) is 0. The fourth-order valence-corrected chi connectivity index (χ4v) is 6.58. The van der Waals surface area contributed by atoms with Gasteiger partial charge in [0.1, 0.15) is 0 Å². The summed E-state index contributed by atoms with van der Waals surface area (Å²) < 4.78 is 0. The second-order valence-corrected chi connectivity index (χ2v) is 13.1. The molecule has 0 unspecified atom stereocenters. The van der Waals surface area contributed by atoms with Crippen LogP contribution in [0.1, 0.15) is 88.2 Å². The summed E-state index contributed by atoms with van der Waals surface area (Å²) in [5, 5.41) is 58.8. The summed E-state index contributed by atoms with van der Waals surface area (Å²) in [6, 6.07) is 10.3. The van der Waals surface area contributed by atoms with Gasteiger partial charge in [0.2, 0.25) is 0 Å². The fourth-order valence-electron chi connectivity index (χ4n) is 6.58. The molecule has 0 saturated heterocycles. The first-order chi connectivity index (χ1) is 21.7. The number of benzene rings is 1. The number of carboxylic acids is 4. The second kappa shape index (κ2) is 20.2. The van der Waals surface area contributed by atoms with Crippen LogP contribution in [0.3, 0.4) is 0 Å². The van der Waals surface area contributed by atoms with Gasteiger partial charge in [-0.15, -0.1) is 0 Å². The Morgan fingerprint density at radius 1 is 0.604 bits per heavy atom. The number of carboxylic acid groups (broad SMARTS) is 4. The summed E-state index contributed by atoms with van der Waals surface area (Å²) in [6.07, 6.45) is 7.60. The van der Waals surface area contributed by atoms with E-state index in [0.717, 1.165) is 25.9 Å². The van der Waals surface area contributed by atoms with Crippen molar-refractivity contribution in [1.82, 2.24) is 10.6 Å². The molecule has 0 aromatic heterocycles. The Bertz CT molecular complexity index is 1090. The Balaban J connectivity index is 0.000000403. The molecule has 4 atom stereocenters. The van der Waals surface area contributed by atoms with E-state index in [4.69, 9.17) is 42.1 Å². The molecule has 14 nitrogen and oxygen atoms in total. The van der Waals surface area contributed by atoms with Crippen LogP contribution in [0.25, 0.3) is 0 Å². The van der Waals surface area contributed by atoms with E-state index in [1.807, 2.05) is 0 Å². The van der Waals surface area contributed by atoms with Crippen LogP contribution in [0.2, 0.25) is 0 Å². The van der Waals surface area contributed by atoms with Crippen molar-refractivity contribution in [2.75, 3.05) is 0 Å². The summed E-state index contributed by atoms with van der Waals surface area (Å²) >= 11 is 0. The van der Waals surface area contributed by atoms with Crippen LogP contribution in [0.4, 0.5) is 0 Å². The zero-order chi connectivity index (χ0) is 34.1. The third-order valence-corrected chi connectivity index (χ3v) is 9.84. The van der Waals surface area contributed by atoms with Crippen LogP contribution in [0.15, 0.2) is 24.3 Å². The number of aliphatic carboxylic acids is 4. The van der Waals surface area contributed by atoms with E-state index in [2.05, 4.69) is 34.9 Å². The Kier molecular flexibility index (Phi) is 18.6. The minimum absolute atomic E-state index is 0. The van der Waals surface area contributed by atoms with E-state index in [-0.39, 0.29) is 67.8 Å². The fraction of sp³-hybridized carbons (Fsp3) is 0.688. The van der Waals surface area contributed by atoms with Gasteiger partial charge in [0, 0.05) is 105 Å². The number of aliphatic hydroxyl groups excluding tert-OH is 2. The second-order valence-electron chi connectivity index (χ2n) is 13.1. The topological polar surface area (TPSA) is 266 Å². The summed E-state index contributed by atoms with van der Waals surface area (Å²) in [5.74, 6) is -5.46. The molecular weight excluding hydrogens is 991 g/mol. The molecule has 0 spiro atoms. The monoisotopic (exact) mass is 1040 g/mol. The molecule has 48 heavy (non-hydrogen) atoms. The minimum Gasteiger partial charge on any atom is -0.480 e. The maximum absolute atomic E-state index is 10.4. The Morgan fingerprint density at radius 3 is 1.12 bits per heavy atom. The van der Waals surface area contributed by atoms with Gasteiger partial charge in [-0.25, -0.2) is 0 Å². The van der Waals surface area contributed by atoms with Gasteiger partial charge in [-0.3, -0.25) is 19.2 Å². The van der Waals surface area contributed by atoms with E-state index in [1.54, 1.807) is 0 Å². The van der Waals surface area contributed by atoms with Crippen LogP contribution < -0.4 is 22.1 Å². The average Bonchev–Trinajstić information content (AvgIpc) is 2.97. The predicted molar refractivity (Wildman–Crippen MR) is 166 cm³/mol. The van der Waals surface area contributed by atoms with E-state index in [9.17, 15) is 19.2 Å². The quantitative estimate of drug-likeness (QED) is 0.147. The van der Waals surface area contributed by atoms with Gasteiger partial charge in [-0.2, -0.15) is 0 Å². The van der Waals surface area contributed by atoms with Gasteiger partial charge in [-0.05, 0) is 36.8 Å². The average molecular weight is 1040 g/mol. The van der Waals surface area contributed by atoms with Crippen molar-refractivity contribution in [3.8, 4) is 0 Å². The zero-order valence-corrected chi connectivity index (χ0v) is 31.3. The molecule has 4 aliphatic carbocycles. The Morgan fingerprint density at radius 2 is 0.896 bits per heavy atom. The van der Waals surface area contributed by atoms with Gasteiger partial charge >= 0.3 is 23.9 Å². The molecule has 1 aromatic rings. The van der Waals surface area contributed by atoms with Crippen molar-refractivity contribution in [3.05, 3.63) is 35.4 Å². The van der Waals surface area contributed by atoms with Crippen LogP contribution in [0.5, 0.6) is 0 Å². The van der Waals surface area contributed by atoms with Crippen LogP contribution in [0, 0.1) is 10.8 Å². The van der Waals surface area contributed by atoms with E-state index < -0.39 is 46.9 Å². The number of aliphatic hydroxyl groups is 2. The minimum atomic E-state index is -1.72. The van der Waals surface area contributed by atoms with E-state index in [1.165, 1.54) is 49.7 Å². The number of nitrogens with one attached hydrogen (secondary N) is 2. The summed E-state index contributed by atoms with van der Waals surface area (Å²) in [6.45, 7) is 1.82. The van der Waals surface area contributed by atoms with Crippen LogP contribution in [-0.4, -0.2) is 90.9 Å². The van der Waals surface area contributed by atoms with Crippen molar-refractivity contribution in [2.45, 2.75) is 127 Å². The third-order valence-electron chi connectivity index (χ3n) is 9.84. The number of nitrogens with two attached hydrogens (primary N) is 2. The first kappa shape index (κ1) is 44.3. The molecular formula is C32H50N4O10Pt2. The molecule has 4 saturated carbocycles. The van der Waals surface area contributed by atoms with Gasteiger partial charge in [-0.1, -0.05) is 49.9 Å². The van der Waals surface area contributed by atoms with Gasteiger partial charge in [0.15, 0.2) is 10.8 Å². The molecule has 0 aliphatic heterocycles. The molecule has 1 aromatic carbocycles. The molecule has 278 valence electrons. The first-order valence-corrected chi connectivity index (χ1v) is 16.1. The van der Waals surface area contributed by atoms with Gasteiger partial charge in [0.05, 0.1) is 12.2 Å². The SMILES string of the molecule is N[C@@H]1CCCC[C@H]1NCc1ccccc1CN[C@@H]1CCCC[C@H]1N.O=C(O)C1(C(=O)O)CC(O)C1.O=C(O)C1(C(=O)O)CC(O)C1.[Pt].[Pt]. The van der Waals surface area contributed by atoms with Crippen LogP contribution in [-0.2, 0) is 74.4 Å². The molecule has 4 fully saturated rings. The van der Waals surface area contributed by atoms with Crippen molar-refractivity contribution < 1.29 is 91.9 Å². The normalized spacial score (nSPS) is 25.8. The van der Waals surface area contributed by atoms with Crippen molar-refractivity contribution in [2.24, 2.45) is 22.3 Å². The molecule has 4 aliphatic rings. The molecule has 16 heteroatoms. The zero-order valence-electron chi connectivity index (χ0n) is 26.8. The van der Waals surface area contributed by atoms with Crippen LogP contribution >= 0.6 is 0 Å². The molecule has 0 heterocycles. The van der Waals surface area contributed by atoms with E-state index in [0.29, 0.717) is 24.2 Å². The molecule has 12 N–H and O–H groups in total. The molecule has 0 amide bonds. The number of hydrogen-bond donors (Lipinski definition) is 10. The standard InChI is InChI=1S/C20H34N4.2C6H8O5.2Pt/c21-17-9-3-5-11-19(17)23-13-15-7-1-2-8-16(15)14-24-20-12-6-4-10-18(20)22;2*7-3-1-6(2-3,4(8)9)5(10)11;;/h1-2,7-8,17-20,23-24H,3-6,9-14,21-22H2;2*3,7H,1-2H2,(H,8,9)(H,10,11);;/t17-,18-,19-,20-;;;;/m1..../s1. The number of rotatable bonds is 10. The third kappa shape index (κ3) is 11.4. The van der Waals surface area contributed by atoms with Crippen molar-refractivity contribution in [1.29, 1.82) is 0 Å². The molecule has 0 radical (unpaired) electrons. The van der Waals surface area contributed by atoms with E-state index >= 15 is 0 Å². The van der Waals surface area contributed by atoms with Gasteiger partial charge < -0.3 is 52.7 Å². The van der Waals surface area contributed by atoms with Gasteiger partial charge in [0.25, 0.3) is 0 Å². The first-order valence-electron chi connectivity index (χ1n) is 16.1. The summed E-state index contributed by atoms with van der Waals surface area (Å²) in [4.78, 5) is 41.6. The van der Waals surface area contributed by atoms with Crippen molar-refractivity contribution in [3.63, 3.8) is 0 Å². The Hall–Kier alpha value is -1.76. The van der Waals surface area contributed by atoms with Crippen molar-refractivity contribution >= 4 is 23.9 Å². The predicted octanol–water partition coefficient (Wildman–Crippen LogP) is 0.994. The number of hydrogen-bond acceptors (Lipinski definition) is 10. The maximum Gasteiger partial charge on any atom is 0.321 e. The summed E-state index contributed by atoms with van der Waals surface area (Å²) in [5.41, 5.74) is 11.8. The Labute approximate surface area is 309 Å². The number of carbonyl (C=O) groups is 4. The largest absolute Gasteiger partial charge is 0.480 e. The smallest absolute Gasteiger partial charge is 0.321 e. The molecule has 0 bridgehead atoms.